The summed E-state index contributed by atoms with van der Waals surface area (Å²) in [5.74, 6) is 0. The lowest BCUT2D eigenvalue weighted by molar-refractivity contribution is 0.261. The first-order valence-corrected chi connectivity index (χ1v) is 12.0. The summed E-state index contributed by atoms with van der Waals surface area (Å²) in [6.07, 6.45) is 8.09. The van der Waals surface area contributed by atoms with Gasteiger partial charge in [-0.05, 0) is 38.9 Å². The van der Waals surface area contributed by atoms with Gasteiger partial charge in [0.15, 0.2) is 0 Å². The lowest BCUT2D eigenvalue weighted by Gasteiger charge is -2.21. The van der Waals surface area contributed by atoms with Crippen LogP contribution >= 0.6 is 30.1 Å². The Kier molecular flexibility index (Phi) is 21.1. The summed E-state index contributed by atoms with van der Waals surface area (Å²) in [6, 6.07) is 0. The number of nitrogens with zero attached hydrogens (tertiary/aromatic N) is 1. The molecule has 0 spiro atoms. The van der Waals surface area contributed by atoms with Crippen LogP contribution in [-0.4, -0.2) is 35.9 Å². The van der Waals surface area contributed by atoms with Crippen LogP contribution in [0.2, 0.25) is 0 Å². The van der Waals surface area contributed by atoms with E-state index in [9.17, 15) is 0 Å². The Bertz CT molecular complexity index is 115. The zero-order valence-corrected chi connectivity index (χ0v) is 14.9. The highest BCUT2D eigenvalue weighted by Gasteiger charge is 2.01. The lowest BCUT2D eigenvalue weighted by atomic mass is 10.2. The second-order valence-corrected chi connectivity index (χ2v) is 10.6. The molecule has 104 valence electrons. The van der Waals surface area contributed by atoms with Gasteiger partial charge >= 0.3 is 11.4 Å². The molecule has 0 aliphatic carbocycles. The molecule has 0 saturated carbocycles. The van der Waals surface area contributed by atoms with Crippen LogP contribution < -0.4 is 0 Å². The number of hydrogen-bond donors (Lipinski definition) is 0. The predicted octanol–water partition coefficient (Wildman–Crippen LogP) is 5.38. The van der Waals surface area contributed by atoms with E-state index in [1.165, 1.54) is 58.2 Å². The molecule has 0 aromatic carbocycles. The van der Waals surface area contributed by atoms with E-state index in [4.69, 9.17) is 30.1 Å². The van der Waals surface area contributed by atoms with Crippen LogP contribution in [0.25, 0.3) is 0 Å². The molecule has 1 nitrogen and oxygen atoms in total. The van der Waals surface area contributed by atoms with Crippen LogP contribution in [-0.2, 0) is 0 Å². The van der Waals surface area contributed by atoms with E-state index in [0.717, 1.165) is 0 Å². The van der Waals surface area contributed by atoms with Crippen molar-refractivity contribution in [3.8, 4) is 0 Å². The highest BCUT2D eigenvalue weighted by Crippen LogP contribution is 2.01. The summed E-state index contributed by atoms with van der Waals surface area (Å²) in [5, 5.41) is 0. The molecular weight excluding hydrogens is 291 g/mol. The predicted molar refractivity (Wildman–Crippen MR) is 84.5 cm³/mol. The molecule has 0 heterocycles. The van der Waals surface area contributed by atoms with Gasteiger partial charge in [-0.2, -0.15) is 0 Å². The van der Waals surface area contributed by atoms with E-state index in [-0.39, 0.29) is 0 Å². The van der Waals surface area contributed by atoms with E-state index >= 15 is 0 Å². The molecule has 0 radical (unpaired) electrons. The molecule has 5 heteroatoms. The Morgan fingerprint density at radius 3 is 1.12 bits per heavy atom. The van der Waals surface area contributed by atoms with Crippen LogP contribution in [0.1, 0.15) is 59.3 Å². The molecule has 0 aliphatic rings. The van der Waals surface area contributed by atoms with Crippen LogP contribution in [0.3, 0.4) is 0 Å². The minimum atomic E-state index is -1.72. The average Bonchev–Trinajstić information content (AvgIpc) is 2.27. The molecular formula is C12H27AlCl3N. The first kappa shape index (κ1) is 20.7. The summed E-state index contributed by atoms with van der Waals surface area (Å²) in [6.45, 7) is 10.8. The van der Waals surface area contributed by atoms with Crippen molar-refractivity contribution < 1.29 is 0 Å². The van der Waals surface area contributed by atoms with Crippen molar-refractivity contribution in [2.75, 3.05) is 19.6 Å². The number of hydrogen-bond acceptors (Lipinski definition) is 1. The molecule has 0 atom stereocenters. The van der Waals surface area contributed by atoms with Gasteiger partial charge in [0.1, 0.15) is 0 Å². The first-order valence-electron chi connectivity index (χ1n) is 6.72. The number of halogens is 3. The molecule has 0 rings (SSSR count). The van der Waals surface area contributed by atoms with E-state index in [1.54, 1.807) is 0 Å². The maximum absolute atomic E-state index is 4.94. The second-order valence-electron chi connectivity index (χ2n) is 4.15. The summed E-state index contributed by atoms with van der Waals surface area (Å²) in [4.78, 5) is 2.64. The second kappa shape index (κ2) is 17.4. The van der Waals surface area contributed by atoms with Crippen LogP contribution in [0.5, 0.6) is 0 Å². The minimum Gasteiger partial charge on any atom is -0.303 e. The number of unbranched alkanes of at least 4 members (excludes halogenated alkanes) is 3. The zero-order chi connectivity index (χ0) is 13.5. The van der Waals surface area contributed by atoms with Gasteiger partial charge in [-0.3, -0.25) is 0 Å². The Balaban J connectivity index is 0. The van der Waals surface area contributed by atoms with E-state index in [2.05, 4.69) is 25.7 Å². The number of rotatable bonds is 9. The standard InChI is InChI=1S/C12H27N.Al.3ClH/c1-4-7-10-13(11-8-5-2)12-9-6-3;;;;/h4-12H2,1-3H3;;3*1H/q;+3;;;/p-3. The molecule has 17 heavy (non-hydrogen) atoms. The molecule has 0 aliphatic heterocycles. The van der Waals surface area contributed by atoms with Crippen molar-refractivity contribution in [2.24, 2.45) is 0 Å². The van der Waals surface area contributed by atoms with Crippen molar-refractivity contribution in [2.45, 2.75) is 59.3 Å². The fourth-order valence-electron chi connectivity index (χ4n) is 1.48. The maximum Gasteiger partial charge on any atom is 0.643 e. The lowest BCUT2D eigenvalue weighted by Crippen LogP contribution is -2.27. The largest absolute Gasteiger partial charge is 0.643 e. The molecule has 0 unspecified atom stereocenters. The van der Waals surface area contributed by atoms with Gasteiger partial charge < -0.3 is 4.90 Å². The Morgan fingerprint density at radius 1 is 0.706 bits per heavy atom. The van der Waals surface area contributed by atoms with Crippen molar-refractivity contribution >= 4 is 41.5 Å². The highest BCUT2D eigenvalue weighted by atomic mass is 35.8. The summed E-state index contributed by atoms with van der Waals surface area (Å²) in [5.41, 5.74) is 0. The van der Waals surface area contributed by atoms with Crippen molar-refractivity contribution in [1.29, 1.82) is 0 Å². The smallest absolute Gasteiger partial charge is 0.303 e. The fraction of sp³-hybridized carbons (Fsp3) is 1.00. The molecule has 0 aromatic heterocycles. The summed E-state index contributed by atoms with van der Waals surface area (Å²) in [7, 11) is 14.8. The molecule has 0 N–H and O–H groups in total. The Morgan fingerprint density at radius 2 is 0.941 bits per heavy atom. The average molecular weight is 319 g/mol. The van der Waals surface area contributed by atoms with Gasteiger partial charge in [0.05, 0.1) is 0 Å². The van der Waals surface area contributed by atoms with Gasteiger partial charge in [0.25, 0.3) is 0 Å². The van der Waals surface area contributed by atoms with Crippen molar-refractivity contribution in [1.82, 2.24) is 4.90 Å². The SMILES string of the molecule is CCCCN(CCCC)CCCC.[Cl][Al]([Cl])[Cl]. The molecule has 0 amide bonds. The topological polar surface area (TPSA) is 3.24 Å². The van der Waals surface area contributed by atoms with E-state index < -0.39 is 11.4 Å². The molecule has 0 bridgehead atoms. The molecule has 0 aromatic rings. The Hall–Kier alpha value is 1.36. The van der Waals surface area contributed by atoms with E-state index in [0.29, 0.717) is 0 Å². The van der Waals surface area contributed by atoms with Gasteiger partial charge in [-0.15, -0.1) is 0 Å². The van der Waals surface area contributed by atoms with Gasteiger partial charge in [-0.1, -0.05) is 40.0 Å². The van der Waals surface area contributed by atoms with Gasteiger partial charge in [0, 0.05) is 0 Å². The van der Waals surface area contributed by atoms with Gasteiger partial charge in [0.2, 0.25) is 0 Å². The zero-order valence-electron chi connectivity index (χ0n) is 11.5. The van der Waals surface area contributed by atoms with Crippen LogP contribution in [0.4, 0.5) is 0 Å². The highest BCUT2D eigenvalue weighted by molar-refractivity contribution is 7.54. The minimum absolute atomic E-state index is 1.32. The van der Waals surface area contributed by atoms with Crippen molar-refractivity contribution in [3.63, 3.8) is 0 Å². The first-order chi connectivity index (χ1) is 8.08. The maximum atomic E-state index is 4.94. The molecule has 0 fully saturated rings. The molecule has 0 saturated heterocycles. The normalized spacial score (nSPS) is 10.1. The van der Waals surface area contributed by atoms with E-state index in [1.807, 2.05) is 0 Å². The third-order valence-corrected chi connectivity index (χ3v) is 2.48. The third-order valence-electron chi connectivity index (χ3n) is 2.48. The monoisotopic (exact) mass is 317 g/mol. The Labute approximate surface area is 125 Å². The van der Waals surface area contributed by atoms with Gasteiger partial charge in [-0.25, -0.2) is 30.1 Å². The third kappa shape index (κ3) is 22.9. The summed E-state index contributed by atoms with van der Waals surface area (Å²) >= 11 is -1.72. The quantitative estimate of drug-likeness (QED) is 0.516. The fourth-order valence-corrected chi connectivity index (χ4v) is 1.48. The van der Waals surface area contributed by atoms with Crippen molar-refractivity contribution in [3.05, 3.63) is 0 Å². The van der Waals surface area contributed by atoms with Crippen LogP contribution in [0, 0.1) is 0 Å². The summed E-state index contributed by atoms with van der Waals surface area (Å²) < 4.78 is 0. The van der Waals surface area contributed by atoms with Crippen LogP contribution in [0.15, 0.2) is 0 Å².